The Labute approximate surface area is 174 Å². The van der Waals surface area contributed by atoms with Crippen LogP contribution in [0, 0.1) is 17.1 Å². The van der Waals surface area contributed by atoms with Crippen molar-refractivity contribution in [2.24, 2.45) is 4.99 Å². The van der Waals surface area contributed by atoms with Crippen molar-refractivity contribution in [3.05, 3.63) is 35.1 Å². The monoisotopic (exact) mass is 475 g/mol. The molecule has 0 spiro atoms. The number of nitrogens with one attached hydrogen (secondary N) is 2. The minimum absolute atomic E-state index is 0. The Morgan fingerprint density at radius 3 is 2.58 bits per heavy atom. The van der Waals surface area contributed by atoms with Crippen molar-refractivity contribution in [2.75, 3.05) is 26.7 Å². The zero-order chi connectivity index (χ0) is 18.7. The Kier molecular flexibility index (Phi) is 13.0. The van der Waals surface area contributed by atoms with Crippen LogP contribution < -0.4 is 10.6 Å². The Bertz CT molecular complexity index is 596. The van der Waals surface area contributed by atoms with Crippen LogP contribution in [0.25, 0.3) is 0 Å². The topological polar surface area (TPSA) is 63.4 Å². The summed E-state index contributed by atoms with van der Waals surface area (Å²) in [6.45, 7) is 10.1. The van der Waals surface area contributed by atoms with Crippen LogP contribution in [-0.4, -0.2) is 43.6 Å². The standard InChI is InChI=1S/C19H30FN5.HI/c1-5-25(6-2)11-7-8-15(3)24-19(22-4)23-14-17-10-9-16(13-21)12-18(17)20;/h9-10,12,15H,5-8,11,14H2,1-4H3,(H2,22,23,24);1H. The maximum Gasteiger partial charge on any atom is 0.191 e. The first-order chi connectivity index (χ1) is 12.0. The van der Waals surface area contributed by atoms with Crippen LogP contribution in [0.4, 0.5) is 4.39 Å². The van der Waals surface area contributed by atoms with Crippen LogP contribution >= 0.6 is 24.0 Å². The van der Waals surface area contributed by atoms with Crippen molar-refractivity contribution < 1.29 is 4.39 Å². The van der Waals surface area contributed by atoms with E-state index in [9.17, 15) is 4.39 Å². The number of nitrogens with zero attached hydrogens (tertiary/aromatic N) is 3. The third kappa shape index (κ3) is 8.81. The zero-order valence-corrected chi connectivity index (χ0v) is 18.5. The molecule has 0 aliphatic carbocycles. The molecule has 1 unspecified atom stereocenters. The van der Waals surface area contributed by atoms with Crippen molar-refractivity contribution in [3.63, 3.8) is 0 Å². The molecule has 0 heterocycles. The molecule has 7 heteroatoms. The van der Waals surface area contributed by atoms with Gasteiger partial charge in [-0.3, -0.25) is 4.99 Å². The van der Waals surface area contributed by atoms with Gasteiger partial charge in [-0.05, 0) is 51.5 Å². The number of guanidine groups is 1. The summed E-state index contributed by atoms with van der Waals surface area (Å²) in [5, 5.41) is 15.2. The smallest absolute Gasteiger partial charge is 0.191 e. The van der Waals surface area contributed by atoms with Crippen LogP contribution in [0.2, 0.25) is 0 Å². The van der Waals surface area contributed by atoms with Gasteiger partial charge >= 0.3 is 0 Å². The zero-order valence-electron chi connectivity index (χ0n) is 16.2. The van der Waals surface area contributed by atoms with Crippen LogP contribution in [0.3, 0.4) is 0 Å². The second-order valence-electron chi connectivity index (χ2n) is 6.06. The van der Waals surface area contributed by atoms with Crippen LogP contribution in [0.1, 0.15) is 44.7 Å². The molecule has 0 amide bonds. The number of rotatable bonds is 9. The lowest BCUT2D eigenvalue weighted by Crippen LogP contribution is -2.42. The predicted molar refractivity (Wildman–Crippen MR) is 116 cm³/mol. The average Bonchev–Trinajstić information content (AvgIpc) is 2.62. The van der Waals surface area contributed by atoms with E-state index >= 15 is 0 Å². The van der Waals surface area contributed by atoms with Gasteiger partial charge in [-0.15, -0.1) is 24.0 Å². The molecule has 0 saturated heterocycles. The van der Waals surface area contributed by atoms with E-state index in [2.05, 4.69) is 41.3 Å². The summed E-state index contributed by atoms with van der Waals surface area (Å²) < 4.78 is 13.9. The molecule has 1 atom stereocenters. The maximum absolute atomic E-state index is 13.9. The molecule has 0 aliphatic rings. The van der Waals surface area contributed by atoms with Crippen molar-refractivity contribution in [1.82, 2.24) is 15.5 Å². The van der Waals surface area contributed by atoms with Crippen LogP contribution in [-0.2, 0) is 6.54 Å². The first-order valence-corrected chi connectivity index (χ1v) is 8.92. The molecule has 0 aromatic heterocycles. The summed E-state index contributed by atoms with van der Waals surface area (Å²) in [6, 6.07) is 6.71. The van der Waals surface area contributed by atoms with Gasteiger partial charge in [0.2, 0.25) is 0 Å². The molecule has 1 aromatic rings. The molecule has 0 saturated carbocycles. The molecule has 146 valence electrons. The number of nitriles is 1. The third-order valence-electron chi connectivity index (χ3n) is 4.24. The van der Waals surface area contributed by atoms with E-state index in [4.69, 9.17) is 5.26 Å². The van der Waals surface area contributed by atoms with Gasteiger partial charge in [0.15, 0.2) is 5.96 Å². The van der Waals surface area contributed by atoms with Crippen LogP contribution in [0.15, 0.2) is 23.2 Å². The predicted octanol–water partition coefficient (Wildman–Crippen LogP) is 3.49. The lowest BCUT2D eigenvalue weighted by atomic mass is 10.1. The SMILES string of the molecule is CCN(CC)CCCC(C)NC(=NC)NCc1ccc(C#N)cc1F.I. The first kappa shape index (κ1) is 24.6. The quantitative estimate of drug-likeness (QED) is 0.326. The number of halogens is 2. The molecule has 1 rings (SSSR count). The van der Waals surface area contributed by atoms with Crippen LogP contribution in [0.5, 0.6) is 0 Å². The van der Waals surface area contributed by atoms with Gasteiger partial charge in [0.05, 0.1) is 11.6 Å². The normalized spacial score (nSPS) is 12.3. The van der Waals surface area contributed by atoms with Gasteiger partial charge in [-0.2, -0.15) is 5.26 Å². The van der Waals surface area contributed by atoms with Crippen molar-refractivity contribution in [3.8, 4) is 6.07 Å². The van der Waals surface area contributed by atoms with E-state index in [-0.39, 0.29) is 35.8 Å². The highest BCUT2D eigenvalue weighted by atomic mass is 127. The molecule has 0 bridgehead atoms. The van der Waals surface area contributed by atoms with Crippen molar-refractivity contribution in [1.29, 1.82) is 5.26 Å². The van der Waals surface area contributed by atoms with Gasteiger partial charge in [-0.1, -0.05) is 19.9 Å². The second-order valence-corrected chi connectivity index (χ2v) is 6.06. The van der Waals surface area contributed by atoms with E-state index in [0.29, 0.717) is 23.6 Å². The molecular weight excluding hydrogens is 444 g/mol. The molecule has 0 radical (unpaired) electrons. The molecular formula is C19H31FIN5. The van der Waals surface area contributed by atoms with E-state index in [0.717, 1.165) is 32.5 Å². The van der Waals surface area contributed by atoms with Gasteiger partial charge in [0.25, 0.3) is 0 Å². The Hall–Kier alpha value is -1.40. The first-order valence-electron chi connectivity index (χ1n) is 8.92. The Morgan fingerprint density at radius 1 is 1.35 bits per heavy atom. The van der Waals surface area contributed by atoms with Crippen molar-refractivity contribution in [2.45, 2.75) is 46.2 Å². The van der Waals surface area contributed by atoms with E-state index < -0.39 is 0 Å². The number of hydrogen-bond acceptors (Lipinski definition) is 3. The fraction of sp³-hybridized carbons (Fsp3) is 0.579. The van der Waals surface area contributed by atoms with Gasteiger partial charge in [0, 0.05) is 25.2 Å². The highest BCUT2D eigenvalue weighted by Gasteiger charge is 2.08. The second kappa shape index (κ2) is 13.8. The summed E-state index contributed by atoms with van der Waals surface area (Å²) in [4.78, 5) is 6.60. The highest BCUT2D eigenvalue weighted by molar-refractivity contribution is 14.0. The Balaban J connectivity index is 0.00000625. The summed E-state index contributed by atoms with van der Waals surface area (Å²) >= 11 is 0. The minimum atomic E-state index is -0.380. The molecule has 1 aromatic carbocycles. The number of benzene rings is 1. The summed E-state index contributed by atoms with van der Waals surface area (Å²) in [5.41, 5.74) is 0.835. The fourth-order valence-corrected chi connectivity index (χ4v) is 2.60. The Morgan fingerprint density at radius 2 is 2.04 bits per heavy atom. The average molecular weight is 475 g/mol. The third-order valence-corrected chi connectivity index (χ3v) is 4.24. The lowest BCUT2D eigenvalue weighted by molar-refractivity contribution is 0.292. The summed E-state index contributed by atoms with van der Waals surface area (Å²) in [7, 11) is 1.70. The number of aliphatic imine (C=N–C) groups is 1. The van der Waals surface area contributed by atoms with Gasteiger partial charge in [-0.25, -0.2) is 4.39 Å². The molecule has 0 aliphatic heterocycles. The largest absolute Gasteiger partial charge is 0.354 e. The molecule has 0 fully saturated rings. The molecule has 2 N–H and O–H groups in total. The van der Waals surface area contributed by atoms with Gasteiger partial charge < -0.3 is 15.5 Å². The highest BCUT2D eigenvalue weighted by Crippen LogP contribution is 2.09. The van der Waals surface area contributed by atoms with Crippen molar-refractivity contribution >= 4 is 29.9 Å². The molecule has 5 nitrogen and oxygen atoms in total. The number of hydrogen-bond donors (Lipinski definition) is 2. The van der Waals surface area contributed by atoms with E-state index in [1.807, 2.05) is 6.07 Å². The summed E-state index contributed by atoms with van der Waals surface area (Å²) in [5.74, 6) is 0.272. The molecule has 26 heavy (non-hydrogen) atoms. The minimum Gasteiger partial charge on any atom is -0.354 e. The summed E-state index contributed by atoms with van der Waals surface area (Å²) in [6.07, 6.45) is 2.17. The van der Waals surface area contributed by atoms with E-state index in [1.54, 1.807) is 19.2 Å². The fourth-order valence-electron chi connectivity index (χ4n) is 2.60. The lowest BCUT2D eigenvalue weighted by Gasteiger charge is -2.21. The van der Waals surface area contributed by atoms with E-state index in [1.165, 1.54) is 6.07 Å². The maximum atomic E-state index is 13.9. The van der Waals surface area contributed by atoms with Gasteiger partial charge in [0.1, 0.15) is 5.82 Å².